The van der Waals surface area contributed by atoms with Gasteiger partial charge in [0.15, 0.2) is 0 Å². The molecule has 0 saturated carbocycles. The molecule has 3 heteroatoms. The van der Waals surface area contributed by atoms with Crippen LogP contribution in [0.4, 0.5) is 0 Å². The van der Waals surface area contributed by atoms with E-state index in [9.17, 15) is 0 Å². The quantitative estimate of drug-likeness (QED) is 0.776. The summed E-state index contributed by atoms with van der Waals surface area (Å²) in [6.45, 7) is 10.1. The summed E-state index contributed by atoms with van der Waals surface area (Å²) in [4.78, 5) is 5.34. The Labute approximate surface area is 147 Å². The molecule has 1 N–H and O–H groups in total. The van der Waals surface area contributed by atoms with E-state index < -0.39 is 0 Å². The van der Waals surface area contributed by atoms with Gasteiger partial charge < -0.3 is 10.2 Å². The molecule has 1 atom stereocenters. The molecule has 1 unspecified atom stereocenters. The van der Waals surface area contributed by atoms with Crippen molar-refractivity contribution >= 4 is 0 Å². The normalized spacial score (nSPS) is 27.3. The Morgan fingerprint density at radius 1 is 0.875 bits per heavy atom. The lowest BCUT2D eigenvalue weighted by molar-refractivity contribution is 0.262. The lowest BCUT2D eigenvalue weighted by Gasteiger charge is -2.22. The molecular formula is C21H33N3. The van der Waals surface area contributed by atoms with E-state index in [0.717, 1.165) is 0 Å². The number of likely N-dealkylation sites (tertiary alicyclic amines) is 1. The number of rotatable bonds is 7. The van der Waals surface area contributed by atoms with Crippen LogP contribution >= 0.6 is 0 Å². The van der Waals surface area contributed by atoms with Gasteiger partial charge in [-0.2, -0.15) is 0 Å². The van der Waals surface area contributed by atoms with Crippen molar-refractivity contribution in [3.63, 3.8) is 0 Å². The Kier molecular flexibility index (Phi) is 5.21. The number of unbranched alkanes of at least 4 members (excludes halogenated alkanes) is 3. The molecule has 3 nitrogen and oxygen atoms in total. The number of nitrogens with zero attached hydrogens (tertiary/aromatic N) is 2. The van der Waals surface area contributed by atoms with Gasteiger partial charge in [-0.3, -0.25) is 4.90 Å². The molecule has 0 amide bonds. The smallest absolute Gasteiger partial charge is 0.0240 e. The highest BCUT2D eigenvalue weighted by Crippen LogP contribution is 2.36. The standard InChI is InChI=1S/C21H33N3/c1(5-12-23-14-10-21(18-23)9-11-22-17-21)2-6-13-24-15-19-7-3-4-8-20(19)16-24/h3-4,7-8,22H,1-2,5-6,9-18H2. The molecule has 24 heavy (non-hydrogen) atoms. The molecule has 0 bridgehead atoms. The summed E-state index contributed by atoms with van der Waals surface area (Å²) < 4.78 is 0. The molecule has 2 fully saturated rings. The predicted molar refractivity (Wildman–Crippen MR) is 100 cm³/mol. The van der Waals surface area contributed by atoms with Crippen LogP contribution in [0.2, 0.25) is 0 Å². The molecular weight excluding hydrogens is 294 g/mol. The molecule has 4 rings (SSSR count). The zero-order valence-electron chi connectivity index (χ0n) is 15.1. The van der Waals surface area contributed by atoms with E-state index in [1.165, 1.54) is 90.9 Å². The highest BCUT2D eigenvalue weighted by Gasteiger charge is 2.39. The molecule has 132 valence electrons. The Morgan fingerprint density at radius 3 is 2.25 bits per heavy atom. The predicted octanol–water partition coefficient (Wildman–Crippen LogP) is 3.25. The molecule has 2 saturated heterocycles. The number of hydrogen-bond acceptors (Lipinski definition) is 3. The summed E-state index contributed by atoms with van der Waals surface area (Å²) in [5, 5.41) is 3.56. The number of benzene rings is 1. The lowest BCUT2D eigenvalue weighted by atomic mass is 9.87. The van der Waals surface area contributed by atoms with Gasteiger partial charge in [-0.25, -0.2) is 0 Å². The summed E-state index contributed by atoms with van der Waals surface area (Å²) in [5.41, 5.74) is 3.73. The third kappa shape index (κ3) is 3.84. The van der Waals surface area contributed by atoms with Crippen molar-refractivity contribution < 1.29 is 0 Å². The molecule has 0 radical (unpaired) electrons. The van der Waals surface area contributed by atoms with Crippen LogP contribution < -0.4 is 5.32 Å². The summed E-state index contributed by atoms with van der Waals surface area (Å²) in [6, 6.07) is 8.93. The van der Waals surface area contributed by atoms with Gasteiger partial charge in [0.1, 0.15) is 0 Å². The molecule has 1 spiro atoms. The fourth-order valence-corrected chi connectivity index (χ4v) is 4.95. The highest BCUT2D eigenvalue weighted by molar-refractivity contribution is 5.30. The van der Waals surface area contributed by atoms with Crippen molar-refractivity contribution in [2.24, 2.45) is 5.41 Å². The minimum Gasteiger partial charge on any atom is -0.316 e. The fourth-order valence-electron chi connectivity index (χ4n) is 4.95. The van der Waals surface area contributed by atoms with Crippen LogP contribution in [-0.4, -0.2) is 49.1 Å². The minimum absolute atomic E-state index is 0.644. The van der Waals surface area contributed by atoms with Gasteiger partial charge in [-0.15, -0.1) is 0 Å². The number of fused-ring (bicyclic) bond motifs is 1. The van der Waals surface area contributed by atoms with E-state index in [-0.39, 0.29) is 0 Å². The van der Waals surface area contributed by atoms with Crippen LogP contribution in [-0.2, 0) is 13.1 Å². The molecule has 1 aromatic rings. The zero-order valence-corrected chi connectivity index (χ0v) is 15.1. The molecule has 3 aliphatic heterocycles. The molecule has 1 aromatic carbocycles. The van der Waals surface area contributed by atoms with Crippen molar-refractivity contribution in [1.82, 2.24) is 15.1 Å². The third-order valence-electron chi connectivity index (χ3n) is 6.45. The minimum atomic E-state index is 0.644. The Bertz CT molecular complexity index is 511. The number of nitrogens with one attached hydrogen (secondary N) is 1. The average molecular weight is 328 g/mol. The van der Waals surface area contributed by atoms with Gasteiger partial charge in [-0.05, 0) is 68.4 Å². The third-order valence-corrected chi connectivity index (χ3v) is 6.45. The molecule has 3 aliphatic rings. The van der Waals surface area contributed by atoms with Crippen molar-refractivity contribution in [2.45, 2.75) is 51.6 Å². The largest absolute Gasteiger partial charge is 0.316 e. The van der Waals surface area contributed by atoms with Gasteiger partial charge in [-0.1, -0.05) is 37.1 Å². The maximum Gasteiger partial charge on any atom is 0.0240 e. The first-order chi connectivity index (χ1) is 11.8. The van der Waals surface area contributed by atoms with E-state index >= 15 is 0 Å². The number of hydrogen-bond donors (Lipinski definition) is 1. The summed E-state index contributed by atoms with van der Waals surface area (Å²) in [5.74, 6) is 0. The van der Waals surface area contributed by atoms with Crippen LogP contribution in [0.15, 0.2) is 24.3 Å². The first-order valence-electron chi connectivity index (χ1n) is 10.1. The Hall–Kier alpha value is -0.900. The zero-order chi connectivity index (χ0) is 16.2. The SMILES string of the molecule is c1ccc2c(c1)CN(CCCCCCN1CCC3(CCNC3)C1)C2. The first-order valence-corrected chi connectivity index (χ1v) is 10.1. The van der Waals surface area contributed by atoms with Gasteiger partial charge in [0.25, 0.3) is 0 Å². The van der Waals surface area contributed by atoms with E-state index in [2.05, 4.69) is 39.4 Å². The monoisotopic (exact) mass is 327 g/mol. The van der Waals surface area contributed by atoms with Crippen molar-refractivity contribution in [3.8, 4) is 0 Å². The first kappa shape index (κ1) is 16.6. The van der Waals surface area contributed by atoms with Gasteiger partial charge in [0.05, 0.1) is 0 Å². The van der Waals surface area contributed by atoms with Crippen LogP contribution in [0, 0.1) is 5.41 Å². The summed E-state index contributed by atoms with van der Waals surface area (Å²) >= 11 is 0. The second-order valence-electron chi connectivity index (χ2n) is 8.35. The topological polar surface area (TPSA) is 18.5 Å². The van der Waals surface area contributed by atoms with Gasteiger partial charge in [0, 0.05) is 26.2 Å². The maximum atomic E-state index is 3.56. The van der Waals surface area contributed by atoms with Crippen LogP contribution in [0.25, 0.3) is 0 Å². The van der Waals surface area contributed by atoms with Crippen LogP contribution in [0.3, 0.4) is 0 Å². The molecule has 3 heterocycles. The van der Waals surface area contributed by atoms with Crippen molar-refractivity contribution in [2.75, 3.05) is 39.3 Å². The van der Waals surface area contributed by atoms with Crippen LogP contribution in [0.1, 0.15) is 49.7 Å². The molecule has 0 aliphatic carbocycles. The fraction of sp³-hybridized carbons (Fsp3) is 0.714. The van der Waals surface area contributed by atoms with Crippen LogP contribution in [0.5, 0.6) is 0 Å². The lowest BCUT2D eigenvalue weighted by Crippen LogP contribution is -2.29. The van der Waals surface area contributed by atoms with Gasteiger partial charge in [0.2, 0.25) is 0 Å². The second-order valence-corrected chi connectivity index (χ2v) is 8.35. The summed E-state index contributed by atoms with van der Waals surface area (Å²) in [7, 11) is 0. The van der Waals surface area contributed by atoms with Gasteiger partial charge >= 0.3 is 0 Å². The van der Waals surface area contributed by atoms with Crippen molar-refractivity contribution in [1.29, 1.82) is 0 Å². The molecule has 0 aromatic heterocycles. The Balaban J connectivity index is 1.06. The van der Waals surface area contributed by atoms with E-state index in [0.29, 0.717) is 5.41 Å². The van der Waals surface area contributed by atoms with E-state index in [4.69, 9.17) is 0 Å². The van der Waals surface area contributed by atoms with E-state index in [1.807, 2.05) is 0 Å². The second kappa shape index (κ2) is 7.55. The average Bonchev–Trinajstić information content (AvgIpc) is 3.31. The van der Waals surface area contributed by atoms with E-state index in [1.54, 1.807) is 11.1 Å². The van der Waals surface area contributed by atoms with Crippen molar-refractivity contribution in [3.05, 3.63) is 35.4 Å². The maximum absolute atomic E-state index is 3.56. The summed E-state index contributed by atoms with van der Waals surface area (Å²) in [6.07, 6.45) is 8.39. The highest BCUT2D eigenvalue weighted by atomic mass is 15.2. The Morgan fingerprint density at radius 2 is 1.58 bits per heavy atom.